The van der Waals surface area contributed by atoms with Crippen molar-refractivity contribution in [1.82, 2.24) is 0 Å². The second kappa shape index (κ2) is 9.13. The van der Waals surface area contributed by atoms with Gasteiger partial charge in [0.1, 0.15) is 4.90 Å². The number of para-hydroxylation sites is 1. The molecule has 2 aromatic carbocycles. The molecule has 0 bridgehead atoms. The maximum absolute atomic E-state index is 13.3. The summed E-state index contributed by atoms with van der Waals surface area (Å²) in [5, 5.41) is 4.81. The van der Waals surface area contributed by atoms with E-state index in [-0.39, 0.29) is 28.0 Å². The van der Waals surface area contributed by atoms with Crippen LogP contribution < -0.4 is 14.8 Å². The quantitative estimate of drug-likeness (QED) is 0.471. The Morgan fingerprint density at radius 3 is 2.62 bits per heavy atom. The summed E-state index contributed by atoms with van der Waals surface area (Å²) in [6.45, 7) is 2.51. The van der Waals surface area contributed by atoms with Gasteiger partial charge < -0.3 is 14.8 Å². The van der Waals surface area contributed by atoms with Gasteiger partial charge in [0, 0.05) is 33.2 Å². The summed E-state index contributed by atoms with van der Waals surface area (Å²) < 4.78 is 38.1. The number of sulfone groups is 1. The molecule has 1 N–H and O–H groups in total. The van der Waals surface area contributed by atoms with Gasteiger partial charge in [0.05, 0.1) is 24.3 Å². The Balaban J connectivity index is 1.83. The number of benzene rings is 2. The lowest BCUT2D eigenvalue weighted by molar-refractivity contribution is -0.116. The first-order valence-corrected chi connectivity index (χ1v) is 12.8. The Bertz CT molecular complexity index is 1250. The Hall–Kier alpha value is -2.55. The molecule has 0 radical (unpaired) electrons. The van der Waals surface area contributed by atoms with E-state index in [2.05, 4.69) is 5.32 Å². The highest BCUT2D eigenvalue weighted by Crippen LogP contribution is 2.49. The number of halogens is 1. The molecule has 1 aliphatic heterocycles. The van der Waals surface area contributed by atoms with Crippen LogP contribution in [0.3, 0.4) is 0 Å². The van der Waals surface area contributed by atoms with Crippen molar-refractivity contribution in [2.75, 3.05) is 19.0 Å². The molecule has 0 spiro atoms. The molecule has 6 nitrogen and oxygen atoms in total. The largest absolute Gasteiger partial charge is 0.493 e. The first-order valence-electron chi connectivity index (χ1n) is 10.1. The van der Waals surface area contributed by atoms with Gasteiger partial charge in [-0.15, -0.1) is 11.3 Å². The summed E-state index contributed by atoms with van der Waals surface area (Å²) in [5.74, 6) is 0.560. The molecule has 0 unspecified atom stereocenters. The Morgan fingerprint density at radius 1 is 1.19 bits per heavy atom. The SMILES string of the molecule is CCCOc1c(OC)cccc1[C@@H]1CC(=O)Nc2c(S(=O)(=O)c3ccc(Cl)cc3)csc21. The van der Waals surface area contributed by atoms with Crippen LogP contribution in [0.2, 0.25) is 5.02 Å². The monoisotopic (exact) mass is 491 g/mol. The minimum Gasteiger partial charge on any atom is -0.493 e. The zero-order valence-electron chi connectivity index (χ0n) is 17.6. The molecule has 1 atom stereocenters. The highest BCUT2D eigenvalue weighted by atomic mass is 35.5. The van der Waals surface area contributed by atoms with Crippen molar-refractivity contribution in [3.63, 3.8) is 0 Å². The zero-order valence-corrected chi connectivity index (χ0v) is 19.9. The molecular formula is C23H22ClNO5S2. The van der Waals surface area contributed by atoms with Crippen LogP contribution in [-0.2, 0) is 14.6 Å². The number of methoxy groups -OCH3 is 1. The third kappa shape index (κ3) is 4.10. The second-order valence-corrected chi connectivity index (χ2v) is 10.6. The molecule has 1 aromatic heterocycles. The number of carbonyl (C=O) groups excluding carboxylic acids is 1. The van der Waals surface area contributed by atoms with Gasteiger partial charge in [0.15, 0.2) is 11.5 Å². The van der Waals surface area contributed by atoms with Crippen LogP contribution in [-0.4, -0.2) is 28.0 Å². The van der Waals surface area contributed by atoms with E-state index in [0.717, 1.165) is 16.9 Å². The maximum Gasteiger partial charge on any atom is 0.225 e. The molecule has 3 aromatic rings. The summed E-state index contributed by atoms with van der Waals surface area (Å²) in [6.07, 6.45) is 1.000. The molecule has 1 aliphatic rings. The summed E-state index contributed by atoms with van der Waals surface area (Å²) in [6, 6.07) is 11.5. The second-order valence-electron chi connectivity index (χ2n) is 7.33. The number of hydrogen-bond donors (Lipinski definition) is 1. The van der Waals surface area contributed by atoms with E-state index < -0.39 is 9.84 Å². The molecule has 0 saturated heterocycles. The minimum atomic E-state index is -3.84. The fourth-order valence-corrected chi connectivity index (χ4v) is 6.75. The standard InChI is InChI=1S/C23H22ClNO5S2/c1-3-11-30-22-16(5-4-6-18(22)29-2)17-12-20(26)25-21-19(13-31-23(17)21)32(27,28)15-9-7-14(24)8-10-15/h4-10,13,17H,3,11-12H2,1-2H3,(H,25,26)/t17-/m0/s1. The van der Waals surface area contributed by atoms with Crippen molar-refractivity contribution < 1.29 is 22.7 Å². The van der Waals surface area contributed by atoms with Crippen molar-refractivity contribution in [3.05, 3.63) is 63.3 Å². The molecule has 0 aliphatic carbocycles. The Morgan fingerprint density at radius 2 is 1.94 bits per heavy atom. The Labute approximate surface area is 196 Å². The molecular weight excluding hydrogens is 470 g/mol. The van der Waals surface area contributed by atoms with Crippen LogP contribution in [0.4, 0.5) is 5.69 Å². The number of carbonyl (C=O) groups is 1. The highest BCUT2D eigenvalue weighted by molar-refractivity contribution is 7.91. The molecule has 0 saturated carbocycles. The fraction of sp³-hybridized carbons (Fsp3) is 0.261. The van der Waals surface area contributed by atoms with E-state index in [1.165, 1.54) is 35.6 Å². The number of rotatable bonds is 7. The first kappa shape index (κ1) is 22.6. The van der Waals surface area contributed by atoms with E-state index >= 15 is 0 Å². The van der Waals surface area contributed by atoms with Crippen LogP contribution in [0.1, 0.15) is 36.1 Å². The van der Waals surface area contributed by atoms with E-state index in [1.54, 1.807) is 12.5 Å². The predicted molar refractivity (Wildman–Crippen MR) is 125 cm³/mol. The van der Waals surface area contributed by atoms with Gasteiger partial charge >= 0.3 is 0 Å². The molecule has 9 heteroatoms. The number of ether oxygens (including phenoxy) is 2. The van der Waals surface area contributed by atoms with Gasteiger partial charge in [0.2, 0.25) is 15.7 Å². The summed E-state index contributed by atoms with van der Waals surface area (Å²) in [7, 11) is -2.27. The van der Waals surface area contributed by atoms with Crippen LogP contribution >= 0.6 is 22.9 Å². The molecule has 4 rings (SSSR count). The molecule has 1 amide bonds. The fourth-order valence-electron chi connectivity index (χ4n) is 3.72. The Kier molecular flexibility index (Phi) is 6.46. The highest BCUT2D eigenvalue weighted by Gasteiger charge is 2.36. The topological polar surface area (TPSA) is 81.7 Å². The molecule has 2 heterocycles. The first-order chi connectivity index (χ1) is 15.4. The zero-order chi connectivity index (χ0) is 22.9. The summed E-state index contributed by atoms with van der Waals surface area (Å²) in [5.41, 5.74) is 1.13. The molecule has 168 valence electrons. The third-order valence-electron chi connectivity index (χ3n) is 5.22. The number of fused-ring (bicyclic) bond motifs is 1. The van der Waals surface area contributed by atoms with Crippen LogP contribution in [0, 0.1) is 0 Å². The van der Waals surface area contributed by atoms with Gasteiger partial charge in [-0.05, 0) is 36.8 Å². The number of amides is 1. The van der Waals surface area contributed by atoms with Crippen molar-refractivity contribution in [2.45, 2.75) is 35.5 Å². The lowest BCUT2D eigenvalue weighted by Gasteiger charge is -2.26. The van der Waals surface area contributed by atoms with E-state index in [0.29, 0.717) is 28.8 Å². The van der Waals surface area contributed by atoms with Gasteiger partial charge in [-0.2, -0.15) is 0 Å². The number of thiophene rings is 1. The predicted octanol–water partition coefficient (Wildman–Crippen LogP) is 5.51. The van der Waals surface area contributed by atoms with Crippen LogP contribution in [0.15, 0.2) is 57.6 Å². The smallest absolute Gasteiger partial charge is 0.225 e. The van der Waals surface area contributed by atoms with E-state index in [4.69, 9.17) is 21.1 Å². The van der Waals surface area contributed by atoms with Crippen molar-refractivity contribution in [3.8, 4) is 11.5 Å². The van der Waals surface area contributed by atoms with Crippen molar-refractivity contribution in [1.29, 1.82) is 0 Å². The van der Waals surface area contributed by atoms with Crippen molar-refractivity contribution in [2.24, 2.45) is 0 Å². The number of anilines is 1. The lowest BCUT2D eigenvalue weighted by Crippen LogP contribution is -2.24. The third-order valence-corrected chi connectivity index (χ3v) is 8.52. The lowest BCUT2D eigenvalue weighted by atomic mass is 9.89. The minimum absolute atomic E-state index is 0.0804. The van der Waals surface area contributed by atoms with E-state index in [1.807, 2.05) is 25.1 Å². The van der Waals surface area contributed by atoms with Gasteiger partial charge in [0.25, 0.3) is 0 Å². The van der Waals surface area contributed by atoms with Gasteiger partial charge in [-0.1, -0.05) is 30.7 Å². The number of hydrogen-bond acceptors (Lipinski definition) is 6. The van der Waals surface area contributed by atoms with Gasteiger partial charge in [-0.25, -0.2) is 8.42 Å². The maximum atomic E-state index is 13.3. The molecule has 32 heavy (non-hydrogen) atoms. The normalized spacial score (nSPS) is 15.7. The van der Waals surface area contributed by atoms with Crippen LogP contribution in [0.5, 0.6) is 11.5 Å². The van der Waals surface area contributed by atoms with E-state index in [9.17, 15) is 13.2 Å². The van der Waals surface area contributed by atoms with Crippen molar-refractivity contribution >= 4 is 44.4 Å². The number of nitrogens with one attached hydrogen (secondary N) is 1. The molecule has 0 fully saturated rings. The average molecular weight is 492 g/mol. The van der Waals surface area contributed by atoms with Crippen LogP contribution in [0.25, 0.3) is 0 Å². The van der Waals surface area contributed by atoms with Gasteiger partial charge in [-0.3, -0.25) is 4.79 Å². The average Bonchev–Trinajstić information content (AvgIpc) is 3.21. The summed E-state index contributed by atoms with van der Waals surface area (Å²) >= 11 is 7.22. The summed E-state index contributed by atoms with van der Waals surface area (Å²) in [4.78, 5) is 13.6.